The molecule has 0 spiro atoms. The van der Waals surface area contributed by atoms with Gasteiger partial charge in [-0.1, -0.05) is 18.2 Å². The highest BCUT2D eigenvalue weighted by Crippen LogP contribution is 2.27. The maximum absolute atomic E-state index is 12.9. The zero-order valence-electron chi connectivity index (χ0n) is 20.2. The van der Waals surface area contributed by atoms with E-state index >= 15 is 0 Å². The second kappa shape index (κ2) is 10.3. The molecule has 1 aliphatic heterocycles. The second-order valence-corrected chi connectivity index (χ2v) is 11.4. The summed E-state index contributed by atoms with van der Waals surface area (Å²) in [6, 6.07) is 13.7. The minimum atomic E-state index is -3.75. The molecule has 9 nitrogen and oxygen atoms in total. The smallest absolute Gasteiger partial charge is 0.264 e. The fourth-order valence-corrected chi connectivity index (χ4v) is 4.82. The molecule has 2 atom stereocenters. The Labute approximate surface area is 205 Å². The lowest BCUT2D eigenvalue weighted by Gasteiger charge is -2.28. The molecule has 4 rings (SSSR count). The number of amides is 1. The number of carbonyl (C=O) groups excluding carboxylic acids is 1. The molecular formula is C25H31N3O6S. The van der Waals surface area contributed by atoms with Crippen LogP contribution in [0.2, 0.25) is 0 Å². The number of carbonyl (C=O) groups is 1. The summed E-state index contributed by atoms with van der Waals surface area (Å²) in [6.07, 6.45) is 4.90. The van der Waals surface area contributed by atoms with Crippen molar-refractivity contribution < 1.29 is 27.5 Å². The summed E-state index contributed by atoms with van der Waals surface area (Å²) >= 11 is 0. The van der Waals surface area contributed by atoms with Gasteiger partial charge in [-0.3, -0.25) is 9.48 Å². The van der Waals surface area contributed by atoms with Crippen LogP contribution in [0.15, 0.2) is 48.7 Å². The third kappa shape index (κ3) is 5.66. The molecule has 188 valence electrons. The number of fused-ring (bicyclic) bond motifs is 1. The quantitative estimate of drug-likeness (QED) is 0.447. The highest BCUT2D eigenvalue weighted by molar-refractivity contribution is 7.92. The Hall–Kier alpha value is -2.95. The molecule has 0 bridgehead atoms. The molecule has 0 radical (unpaired) electrons. The molecule has 2 heterocycles. The molecular weight excluding hydrogens is 470 g/mol. The van der Waals surface area contributed by atoms with Crippen molar-refractivity contribution in [2.24, 2.45) is 0 Å². The monoisotopic (exact) mass is 501 g/mol. The van der Waals surface area contributed by atoms with E-state index < -0.39 is 26.8 Å². The number of benzene rings is 2. The Morgan fingerprint density at radius 1 is 1.20 bits per heavy atom. The van der Waals surface area contributed by atoms with E-state index in [2.05, 4.69) is 10.6 Å². The molecule has 1 aromatic heterocycles. The molecule has 1 unspecified atom stereocenters. The Bertz CT molecular complexity index is 1280. The highest BCUT2D eigenvalue weighted by atomic mass is 32.2. The maximum atomic E-state index is 12.9. The number of aromatic nitrogens is 2. The molecule has 1 saturated heterocycles. The van der Waals surface area contributed by atoms with Crippen molar-refractivity contribution >= 4 is 26.6 Å². The zero-order valence-corrected chi connectivity index (χ0v) is 21.0. The summed E-state index contributed by atoms with van der Waals surface area (Å²) in [5.41, 5.74) is 5.17. The van der Waals surface area contributed by atoms with Gasteiger partial charge in [0.25, 0.3) is 5.91 Å². The van der Waals surface area contributed by atoms with Gasteiger partial charge in [0.05, 0.1) is 12.6 Å². The van der Waals surface area contributed by atoms with Crippen molar-refractivity contribution in [2.75, 3.05) is 20.0 Å². The average molecular weight is 502 g/mol. The van der Waals surface area contributed by atoms with Gasteiger partial charge in [0, 0.05) is 37.4 Å². The van der Waals surface area contributed by atoms with Crippen LogP contribution in [0.25, 0.3) is 22.0 Å². The van der Waals surface area contributed by atoms with E-state index in [1.54, 1.807) is 11.8 Å². The Morgan fingerprint density at radius 2 is 1.94 bits per heavy atom. The number of hydrogen-bond acceptors (Lipinski definition) is 7. The predicted molar refractivity (Wildman–Crippen MR) is 132 cm³/mol. The second-order valence-electron chi connectivity index (χ2n) is 8.99. The number of aryl methyl sites for hydroxylation is 1. The summed E-state index contributed by atoms with van der Waals surface area (Å²) in [6.45, 7) is 2.20. The largest absolute Gasteiger partial charge is 0.497 e. The van der Waals surface area contributed by atoms with Crippen molar-refractivity contribution in [1.82, 2.24) is 15.3 Å². The van der Waals surface area contributed by atoms with Crippen LogP contribution in [-0.2, 0) is 30.8 Å². The number of sulfone groups is 1. The molecule has 1 N–H and O–H groups in total. The van der Waals surface area contributed by atoms with E-state index in [-0.39, 0.29) is 13.0 Å². The minimum absolute atomic E-state index is 0.0336. The number of methoxy groups -OCH3 is 1. The van der Waals surface area contributed by atoms with Gasteiger partial charge in [0.2, 0.25) is 0 Å². The summed E-state index contributed by atoms with van der Waals surface area (Å²) in [4.78, 5) is 18.2. The van der Waals surface area contributed by atoms with E-state index in [1.807, 2.05) is 48.7 Å². The molecule has 10 heteroatoms. The lowest BCUT2D eigenvalue weighted by atomic mass is 10.0. The lowest BCUT2D eigenvalue weighted by molar-refractivity contribution is -0.201. The molecule has 35 heavy (non-hydrogen) atoms. The Kier molecular flexibility index (Phi) is 7.44. The fourth-order valence-electron chi connectivity index (χ4n) is 3.98. The summed E-state index contributed by atoms with van der Waals surface area (Å²) in [5, 5.41) is 5.48. The van der Waals surface area contributed by atoms with Crippen LogP contribution in [0.5, 0.6) is 5.75 Å². The van der Waals surface area contributed by atoms with Crippen molar-refractivity contribution in [3.05, 3.63) is 48.7 Å². The number of hydrogen-bond donors (Lipinski definition) is 1. The normalized spacial score (nSPS) is 18.2. The van der Waals surface area contributed by atoms with Gasteiger partial charge in [-0.05, 0) is 61.6 Å². The number of rotatable bonds is 9. The highest BCUT2D eigenvalue weighted by Gasteiger charge is 2.44. The molecule has 1 fully saturated rings. The molecule has 0 aliphatic carbocycles. The summed E-state index contributed by atoms with van der Waals surface area (Å²) in [7, 11) is -2.12. The predicted octanol–water partition coefficient (Wildman–Crippen LogP) is 3.48. The van der Waals surface area contributed by atoms with Crippen molar-refractivity contribution in [2.45, 2.75) is 50.2 Å². The third-order valence-corrected chi connectivity index (χ3v) is 8.54. The Balaban J connectivity index is 1.47. The lowest BCUT2D eigenvalue weighted by Crippen LogP contribution is -2.51. The minimum Gasteiger partial charge on any atom is -0.497 e. The fraction of sp³-hybridized carbons (Fsp3) is 0.440. The van der Waals surface area contributed by atoms with Crippen LogP contribution >= 0.6 is 0 Å². The van der Waals surface area contributed by atoms with Gasteiger partial charge < -0.3 is 9.47 Å². The molecule has 1 aliphatic rings. The standard InChI is InChI=1S/C25H31N3O6S/c1-25(35(3,30)31,24(29)27-34-23-6-4-5-15-33-23)13-14-28-17-20-16-19(9-12-22(20)26-28)18-7-10-21(32-2)11-8-18/h7-12,16-17,23H,4-6,13-15H2,1-3H3,(H,27,29)/t23?,25-/m0/s1. The van der Waals surface area contributed by atoms with E-state index in [9.17, 15) is 13.2 Å². The van der Waals surface area contributed by atoms with Crippen LogP contribution in [0, 0.1) is 0 Å². The van der Waals surface area contributed by atoms with Gasteiger partial charge in [-0.25, -0.2) is 18.7 Å². The maximum Gasteiger partial charge on any atom is 0.264 e. The van der Waals surface area contributed by atoms with E-state index in [0.717, 1.165) is 46.9 Å². The van der Waals surface area contributed by atoms with E-state index in [4.69, 9.17) is 14.3 Å². The summed E-state index contributed by atoms with van der Waals surface area (Å²) < 4.78 is 35.8. The summed E-state index contributed by atoms with van der Waals surface area (Å²) in [5.74, 6) is 0.0740. The number of nitrogens with zero attached hydrogens (tertiary/aromatic N) is 2. The first kappa shape index (κ1) is 25.2. The number of hydroxylamine groups is 1. The Morgan fingerprint density at radius 3 is 2.60 bits per heavy atom. The number of nitrogens with one attached hydrogen (secondary N) is 1. The van der Waals surface area contributed by atoms with Crippen LogP contribution in [0.4, 0.5) is 0 Å². The average Bonchev–Trinajstić information content (AvgIpc) is 3.28. The van der Waals surface area contributed by atoms with Gasteiger partial charge in [0.1, 0.15) is 5.75 Å². The van der Waals surface area contributed by atoms with E-state index in [1.165, 1.54) is 6.92 Å². The molecule has 2 aromatic carbocycles. The first-order valence-electron chi connectivity index (χ1n) is 11.6. The van der Waals surface area contributed by atoms with Crippen molar-refractivity contribution in [3.63, 3.8) is 0 Å². The molecule has 3 aromatic rings. The van der Waals surface area contributed by atoms with Crippen LogP contribution < -0.4 is 10.2 Å². The van der Waals surface area contributed by atoms with Gasteiger partial charge in [-0.15, -0.1) is 0 Å². The van der Waals surface area contributed by atoms with E-state index in [0.29, 0.717) is 13.0 Å². The first-order valence-corrected chi connectivity index (χ1v) is 13.5. The topological polar surface area (TPSA) is 109 Å². The first-order chi connectivity index (χ1) is 16.7. The number of ether oxygens (including phenoxy) is 2. The van der Waals surface area contributed by atoms with Gasteiger partial charge >= 0.3 is 0 Å². The van der Waals surface area contributed by atoms with Crippen molar-refractivity contribution in [3.8, 4) is 16.9 Å². The molecule has 0 saturated carbocycles. The molecule has 1 amide bonds. The third-order valence-electron chi connectivity index (χ3n) is 6.51. The zero-order chi connectivity index (χ0) is 25.1. The SMILES string of the molecule is COc1ccc(-c2ccc3nn(CC[C@@](C)(C(=O)NOC4CCCCO4)S(C)(=O)=O)cc3c2)cc1. The van der Waals surface area contributed by atoms with Crippen molar-refractivity contribution in [1.29, 1.82) is 0 Å². The van der Waals surface area contributed by atoms with Gasteiger partial charge in [-0.2, -0.15) is 5.10 Å². The van der Waals surface area contributed by atoms with Crippen LogP contribution in [0.1, 0.15) is 32.6 Å². The van der Waals surface area contributed by atoms with Crippen LogP contribution in [-0.4, -0.2) is 55.1 Å². The van der Waals surface area contributed by atoms with Gasteiger partial charge in [0.15, 0.2) is 20.9 Å². The van der Waals surface area contributed by atoms with Crippen LogP contribution in [0.3, 0.4) is 0 Å².